The van der Waals surface area contributed by atoms with Gasteiger partial charge in [0.05, 0.1) is 5.69 Å². The van der Waals surface area contributed by atoms with Crippen LogP contribution >= 0.6 is 0 Å². The monoisotopic (exact) mass is 222 g/mol. The van der Waals surface area contributed by atoms with Crippen LogP contribution in [0.2, 0.25) is 0 Å². The molecule has 1 aromatic carbocycles. The van der Waals surface area contributed by atoms with Crippen LogP contribution in [-0.2, 0) is 6.42 Å². The van der Waals surface area contributed by atoms with Gasteiger partial charge >= 0.3 is 51.4 Å². The second kappa shape index (κ2) is 5.83. The van der Waals surface area contributed by atoms with Gasteiger partial charge in [0.25, 0.3) is 0 Å². The first-order valence-electron chi connectivity index (χ1n) is 4.78. The summed E-state index contributed by atoms with van der Waals surface area (Å²) < 4.78 is 0. The second-order valence-electron chi connectivity index (χ2n) is 3.30. The molecule has 1 N–H and O–H groups in total. The van der Waals surface area contributed by atoms with Gasteiger partial charge in [0, 0.05) is 0 Å². The van der Waals surface area contributed by atoms with Gasteiger partial charge in [-0.1, -0.05) is 25.3 Å². The standard InChI is InChI=1S/C12H11N2.K/c1-2-5-9-10-6-3-4-7-11(10)14-12(9)8-13;/h3-4,7,14H,2,5H2,1H3;/q-1;+1. The molecular weight excluding hydrogens is 211 g/mol. The van der Waals surface area contributed by atoms with E-state index in [0.717, 1.165) is 29.3 Å². The van der Waals surface area contributed by atoms with Crippen molar-refractivity contribution in [3.05, 3.63) is 35.5 Å². The number of nitrogens with one attached hydrogen (secondary N) is 1. The molecule has 1 heterocycles. The molecule has 0 atom stereocenters. The minimum atomic E-state index is 0. The molecule has 3 heteroatoms. The molecule has 0 radical (unpaired) electrons. The molecule has 0 fully saturated rings. The normalized spacial score (nSPS) is 9.60. The van der Waals surface area contributed by atoms with Crippen LogP contribution in [0, 0.1) is 17.4 Å². The van der Waals surface area contributed by atoms with E-state index in [4.69, 9.17) is 5.26 Å². The molecule has 0 unspecified atom stereocenters. The summed E-state index contributed by atoms with van der Waals surface area (Å²) in [6.07, 6.45) is 1.98. The number of aromatic amines is 1. The van der Waals surface area contributed by atoms with Crippen LogP contribution in [0.3, 0.4) is 0 Å². The van der Waals surface area contributed by atoms with E-state index in [2.05, 4.69) is 24.0 Å². The van der Waals surface area contributed by atoms with Crippen molar-refractivity contribution in [2.45, 2.75) is 19.8 Å². The zero-order valence-corrected chi connectivity index (χ0v) is 12.2. The maximum absolute atomic E-state index is 8.95. The van der Waals surface area contributed by atoms with E-state index < -0.39 is 0 Å². The Bertz CT molecular complexity index is 494. The maximum atomic E-state index is 8.95. The predicted molar refractivity (Wildman–Crippen MR) is 55.8 cm³/mol. The minimum absolute atomic E-state index is 0. The van der Waals surface area contributed by atoms with Crippen molar-refractivity contribution < 1.29 is 51.4 Å². The molecular formula is C12H11KN2. The summed E-state index contributed by atoms with van der Waals surface area (Å²) in [5.74, 6) is 0. The Morgan fingerprint density at radius 1 is 1.53 bits per heavy atom. The average molecular weight is 222 g/mol. The van der Waals surface area contributed by atoms with Gasteiger partial charge < -0.3 is 4.98 Å². The van der Waals surface area contributed by atoms with Crippen molar-refractivity contribution in [3.8, 4) is 6.07 Å². The van der Waals surface area contributed by atoms with Crippen molar-refractivity contribution in [1.82, 2.24) is 4.98 Å². The first-order valence-corrected chi connectivity index (χ1v) is 4.78. The Labute approximate surface area is 132 Å². The maximum Gasteiger partial charge on any atom is 1.00 e. The smallest absolute Gasteiger partial charge is 0.394 e. The van der Waals surface area contributed by atoms with E-state index in [9.17, 15) is 0 Å². The average Bonchev–Trinajstić information content (AvgIpc) is 2.58. The summed E-state index contributed by atoms with van der Waals surface area (Å²) in [5.41, 5.74) is 2.79. The van der Waals surface area contributed by atoms with Gasteiger partial charge in [-0.2, -0.15) is 5.26 Å². The summed E-state index contributed by atoms with van der Waals surface area (Å²) in [5, 5.41) is 10.0. The zero-order chi connectivity index (χ0) is 9.97. The molecule has 0 aliphatic heterocycles. The summed E-state index contributed by atoms with van der Waals surface area (Å²) in [6, 6.07) is 11.2. The number of hydrogen-bond donors (Lipinski definition) is 1. The number of nitrogens with zero attached hydrogens (tertiary/aromatic N) is 1. The summed E-state index contributed by atoms with van der Waals surface area (Å²) in [6.45, 7) is 2.11. The fraction of sp³-hybridized carbons (Fsp3) is 0.250. The number of fused-ring (bicyclic) bond motifs is 1. The van der Waals surface area contributed by atoms with Gasteiger partial charge in [0.15, 0.2) is 0 Å². The van der Waals surface area contributed by atoms with Crippen molar-refractivity contribution in [2.24, 2.45) is 0 Å². The van der Waals surface area contributed by atoms with E-state index in [1.165, 1.54) is 0 Å². The van der Waals surface area contributed by atoms with E-state index in [0.29, 0.717) is 5.69 Å². The number of nitriles is 1. The fourth-order valence-electron chi connectivity index (χ4n) is 1.72. The third-order valence-electron chi connectivity index (χ3n) is 2.33. The number of H-pyrrole nitrogens is 1. The van der Waals surface area contributed by atoms with Gasteiger partial charge in [-0.3, -0.25) is 0 Å². The molecule has 2 aromatic rings. The van der Waals surface area contributed by atoms with Crippen molar-refractivity contribution in [2.75, 3.05) is 0 Å². The third kappa shape index (κ3) is 2.52. The largest absolute Gasteiger partial charge is 1.00 e. The van der Waals surface area contributed by atoms with Crippen molar-refractivity contribution >= 4 is 10.9 Å². The van der Waals surface area contributed by atoms with Gasteiger partial charge in [-0.15, -0.1) is 29.7 Å². The number of hydrogen-bond acceptors (Lipinski definition) is 1. The molecule has 0 aliphatic carbocycles. The van der Waals surface area contributed by atoms with Crippen LogP contribution in [0.5, 0.6) is 0 Å². The molecule has 2 nitrogen and oxygen atoms in total. The van der Waals surface area contributed by atoms with Crippen LogP contribution in [0.1, 0.15) is 24.6 Å². The number of rotatable bonds is 2. The van der Waals surface area contributed by atoms with Gasteiger partial charge in [-0.05, 0) is 5.52 Å². The first kappa shape index (κ1) is 13.0. The van der Waals surface area contributed by atoms with E-state index >= 15 is 0 Å². The fourth-order valence-corrected chi connectivity index (χ4v) is 1.72. The summed E-state index contributed by atoms with van der Waals surface area (Å²) >= 11 is 0. The minimum Gasteiger partial charge on any atom is -0.394 e. The van der Waals surface area contributed by atoms with Crippen molar-refractivity contribution in [3.63, 3.8) is 0 Å². The Hall–Kier alpha value is -0.114. The molecule has 15 heavy (non-hydrogen) atoms. The summed E-state index contributed by atoms with van der Waals surface area (Å²) in [7, 11) is 0. The van der Waals surface area contributed by atoms with Gasteiger partial charge in [0.1, 0.15) is 6.07 Å². The molecule has 0 spiro atoms. The Balaban J connectivity index is 0.00000112. The van der Waals surface area contributed by atoms with Gasteiger partial charge in [-0.25, -0.2) is 0 Å². The number of benzene rings is 1. The Kier molecular flexibility index (Phi) is 5.04. The molecule has 0 aliphatic rings. The van der Waals surface area contributed by atoms with Gasteiger partial charge in [0.2, 0.25) is 0 Å². The van der Waals surface area contributed by atoms with E-state index in [1.54, 1.807) is 0 Å². The first-order chi connectivity index (χ1) is 6.86. The summed E-state index contributed by atoms with van der Waals surface area (Å²) in [4.78, 5) is 3.11. The molecule has 1 aromatic heterocycles. The topological polar surface area (TPSA) is 39.6 Å². The van der Waals surface area contributed by atoms with Crippen LogP contribution in [0.25, 0.3) is 10.9 Å². The molecule has 0 saturated carbocycles. The predicted octanol–water partition coefficient (Wildman–Crippen LogP) is -0.204. The second-order valence-corrected chi connectivity index (χ2v) is 3.30. The van der Waals surface area contributed by atoms with E-state index in [1.807, 2.05) is 18.2 Å². The van der Waals surface area contributed by atoms with Crippen LogP contribution in [-0.4, -0.2) is 4.98 Å². The Morgan fingerprint density at radius 3 is 3.00 bits per heavy atom. The third-order valence-corrected chi connectivity index (χ3v) is 2.33. The molecule has 0 bridgehead atoms. The molecule has 0 saturated heterocycles. The zero-order valence-electron chi connectivity index (χ0n) is 9.09. The molecule has 0 amide bonds. The van der Waals surface area contributed by atoms with E-state index in [-0.39, 0.29) is 51.4 Å². The SMILES string of the molecule is CCCc1c(C#N)[nH]c2ccc[c-]c12.[K+]. The molecule has 2 rings (SSSR count). The number of aryl methyl sites for hydroxylation is 1. The molecule has 70 valence electrons. The quantitative estimate of drug-likeness (QED) is 0.554. The van der Waals surface area contributed by atoms with Crippen LogP contribution in [0.4, 0.5) is 0 Å². The van der Waals surface area contributed by atoms with Crippen molar-refractivity contribution in [1.29, 1.82) is 5.26 Å². The van der Waals surface area contributed by atoms with Crippen LogP contribution < -0.4 is 51.4 Å². The number of aromatic nitrogens is 1. The Morgan fingerprint density at radius 2 is 2.33 bits per heavy atom. The van der Waals surface area contributed by atoms with Crippen LogP contribution in [0.15, 0.2) is 18.2 Å².